The molecule has 0 heterocycles. The molecule has 2 saturated carbocycles. The molecule has 0 radical (unpaired) electrons. The van der Waals surface area contributed by atoms with Crippen molar-refractivity contribution in [3.63, 3.8) is 0 Å². The van der Waals surface area contributed by atoms with Gasteiger partial charge in [-0.05, 0) is 35.4 Å². The Bertz CT molecular complexity index is 361. The molecule has 0 nitrogen and oxygen atoms in total. The Morgan fingerprint density at radius 1 is 1.29 bits per heavy atom. The van der Waals surface area contributed by atoms with Gasteiger partial charge in [-0.2, -0.15) is 0 Å². The van der Waals surface area contributed by atoms with Gasteiger partial charge in [0, 0.05) is 9.89 Å². The Balaban J connectivity index is 1.94. The van der Waals surface area contributed by atoms with Gasteiger partial charge in [-0.1, -0.05) is 48.3 Å². The van der Waals surface area contributed by atoms with Crippen LogP contribution in [0.5, 0.6) is 0 Å². The van der Waals surface area contributed by atoms with Gasteiger partial charge in [0.25, 0.3) is 0 Å². The molecule has 0 saturated heterocycles. The highest BCUT2D eigenvalue weighted by atomic mass is 79.9. The Morgan fingerprint density at radius 3 is 2.36 bits per heavy atom. The summed E-state index contributed by atoms with van der Waals surface area (Å²) in [5.74, 6) is 2.93. The van der Waals surface area contributed by atoms with Crippen LogP contribution >= 0.6 is 15.9 Å². The first-order valence-electron chi connectivity index (χ1n) is 5.49. The van der Waals surface area contributed by atoms with E-state index in [1.165, 1.54) is 10.9 Å². The van der Waals surface area contributed by atoms with Crippen LogP contribution in [-0.2, 0) is 5.41 Å². The molecule has 0 bridgehead atoms. The van der Waals surface area contributed by atoms with Gasteiger partial charge >= 0.3 is 0 Å². The van der Waals surface area contributed by atoms with Crippen LogP contribution in [0.15, 0.2) is 28.7 Å². The summed E-state index contributed by atoms with van der Waals surface area (Å²) in [5.41, 5.74) is 2.18. The third-order valence-corrected chi connectivity index (χ3v) is 4.99. The Labute approximate surface area is 93.8 Å². The molecule has 1 aromatic carbocycles. The van der Waals surface area contributed by atoms with Crippen molar-refractivity contribution in [2.24, 2.45) is 17.8 Å². The molecule has 1 heteroatoms. The highest BCUT2D eigenvalue weighted by Crippen LogP contribution is 2.84. The minimum atomic E-state index is 0.607. The monoisotopic (exact) mass is 250 g/mol. The summed E-state index contributed by atoms with van der Waals surface area (Å²) >= 11 is 3.49. The van der Waals surface area contributed by atoms with Crippen molar-refractivity contribution in [3.05, 3.63) is 34.3 Å². The lowest BCUT2D eigenvalue weighted by Gasteiger charge is -2.15. The number of halogens is 1. The standard InChI is InChI=1S/C13H15Br/c1-3-11-12-8(2)13(11,12)9-4-6-10(14)7-5-9/h4-8,11-12H,3H2,1-2H3/t8?,11-,12?,13?/m1/s1. The SMILES string of the molecule is CC[C@@H]1C2C(C)C21c1ccc(Br)cc1. The van der Waals surface area contributed by atoms with Gasteiger partial charge in [0.05, 0.1) is 0 Å². The molecule has 0 spiro atoms. The second-order valence-electron chi connectivity index (χ2n) is 4.77. The van der Waals surface area contributed by atoms with E-state index in [2.05, 4.69) is 54.0 Å². The number of hydrogen-bond acceptors (Lipinski definition) is 0. The summed E-state index contributed by atoms with van der Waals surface area (Å²) < 4.78 is 1.19. The van der Waals surface area contributed by atoms with E-state index in [4.69, 9.17) is 0 Å². The van der Waals surface area contributed by atoms with Crippen LogP contribution in [0, 0.1) is 17.8 Å². The fraction of sp³-hybridized carbons (Fsp3) is 0.538. The molecular weight excluding hydrogens is 236 g/mol. The van der Waals surface area contributed by atoms with E-state index in [1.807, 2.05) is 0 Å². The molecule has 0 aromatic heterocycles. The Kier molecular flexibility index (Phi) is 1.69. The van der Waals surface area contributed by atoms with E-state index in [9.17, 15) is 0 Å². The minimum Gasteiger partial charge on any atom is -0.0651 e. The van der Waals surface area contributed by atoms with E-state index in [0.717, 1.165) is 17.8 Å². The molecule has 14 heavy (non-hydrogen) atoms. The lowest BCUT2D eigenvalue weighted by Crippen LogP contribution is -2.09. The second kappa shape index (κ2) is 2.63. The predicted octanol–water partition coefficient (Wildman–Crippen LogP) is 3.99. The Morgan fingerprint density at radius 2 is 1.93 bits per heavy atom. The maximum Gasteiger partial charge on any atom is 0.0175 e. The molecule has 4 atom stereocenters. The van der Waals surface area contributed by atoms with Crippen LogP contribution in [0.3, 0.4) is 0 Å². The fourth-order valence-electron chi connectivity index (χ4n) is 3.70. The van der Waals surface area contributed by atoms with E-state index >= 15 is 0 Å². The molecule has 3 rings (SSSR count). The molecule has 1 aromatic rings. The van der Waals surface area contributed by atoms with Gasteiger partial charge in [0.15, 0.2) is 0 Å². The summed E-state index contributed by atoms with van der Waals surface area (Å²) in [5, 5.41) is 0. The smallest absolute Gasteiger partial charge is 0.0175 e. The van der Waals surface area contributed by atoms with Gasteiger partial charge in [0.2, 0.25) is 0 Å². The maximum absolute atomic E-state index is 3.49. The molecule has 0 aliphatic heterocycles. The van der Waals surface area contributed by atoms with Crippen LogP contribution in [0.1, 0.15) is 25.8 Å². The van der Waals surface area contributed by atoms with Crippen LogP contribution < -0.4 is 0 Å². The summed E-state index contributed by atoms with van der Waals surface area (Å²) in [6.45, 7) is 4.73. The molecule has 0 N–H and O–H groups in total. The van der Waals surface area contributed by atoms with Crippen molar-refractivity contribution in [2.75, 3.05) is 0 Å². The first-order valence-corrected chi connectivity index (χ1v) is 6.28. The summed E-state index contributed by atoms with van der Waals surface area (Å²) in [7, 11) is 0. The van der Waals surface area contributed by atoms with Crippen molar-refractivity contribution in [1.82, 2.24) is 0 Å². The quantitative estimate of drug-likeness (QED) is 0.745. The average Bonchev–Trinajstić information content (AvgIpc) is 3.04. The van der Waals surface area contributed by atoms with Crippen LogP contribution in [0.2, 0.25) is 0 Å². The number of fused-ring (bicyclic) bond motifs is 1. The summed E-state index contributed by atoms with van der Waals surface area (Å²) in [6.07, 6.45) is 1.35. The van der Waals surface area contributed by atoms with Crippen molar-refractivity contribution in [2.45, 2.75) is 25.7 Å². The van der Waals surface area contributed by atoms with Gasteiger partial charge < -0.3 is 0 Å². The average molecular weight is 251 g/mol. The van der Waals surface area contributed by atoms with E-state index in [0.29, 0.717) is 5.41 Å². The van der Waals surface area contributed by atoms with Crippen LogP contribution in [0.25, 0.3) is 0 Å². The molecule has 2 aliphatic carbocycles. The molecule has 0 amide bonds. The second-order valence-corrected chi connectivity index (χ2v) is 5.68. The van der Waals surface area contributed by atoms with Crippen LogP contribution in [0.4, 0.5) is 0 Å². The van der Waals surface area contributed by atoms with Crippen molar-refractivity contribution in [1.29, 1.82) is 0 Å². The molecule has 3 unspecified atom stereocenters. The van der Waals surface area contributed by atoms with Gasteiger partial charge in [-0.15, -0.1) is 0 Å². The number of hydrogen-bond donors (Lipinski definition) is 0. The Hall–Kier alpha value is -0.300. The molecule has 2 fully saturated rings. The lowest BCUT2D eigenvalue weighted by atomic mass is 9.90. The maximum atomic E-state index is 3.49. The first-order chi connectivity index (χ1) is 6.72. The van der Waals surface area contributed by atoms with Crippen LogP contribution in [-0.4, -0.2) is 0 Å². The fourth-order valence-corrected chi connectivity index (χ4v) is 3.96. The molecular formula is C13H15Br. The third kappa shape index (κ3) is 0.850. The van der Waals surface area contributed by atoms with Crippen molar-refractivity contribution < 1.29 is 0 Å². The van der Waals surface area contributed by atoms with Crippen molar-refractivity contribution in [3.8, 4) is 0 Å². The van der Waals surface area contributed by atoms with Gasteiger partial charge in [-0.25, -0.2) is 0 Å². The minimum absolute atomic E-state index is 0.607. The zero-order chi connectivity index (χ0) is 9.92. The predicted molar refractivity (Wildman–Crippen MR) is 62.3 cm³/mol. The first kappa shape index (κ1) is 8.96. The molecule has 74 valence electrons. The summed E-state index contributed by atoms with van der Waals surface area (Å²) in [4.78, 5) is 0. The van der Waals surface area contributed by atoms with Gasteiger partial charge in [0.1, 0.15) is 0 Å². The topological polar surface area (TPSA) is 0 Å². The highest BCUT2D eigenvalue weighted by Gasteiger charge is 2.83. The number of benzene rings is 1. The highest BCUT2D eigenvalue weighted by molar-refractivity contribution is 9.10. The molecule has 2 aliphatic rings. The van der Waals surface area contributed by atoms with Crippen molar-refractivity contribution >= 4 is 15.9 Å². The third-order valence-electron chi connectivity index (χ3n) is 4.46. The largest absolute Gasteiger partial charge is 0.0651 e. The zero-order valence-corrected chi connectivity index (χ0v) is 10.2. The van der Waals surface area contributed by atoms with E-state index < -0.39 is 0 Å². The normalized spacial score (nSPS) is 43.2. The number of rotatable bonds is 2. The summed E-state index contributed by atoms with van der Waals surface area (Å²) in [6, 6.07) is 8.96. The van der Waals surface area contributed by atoms with Gasteiger partial charge in [-0.3, -0.25) is 0 Å². The van der Waals surface area contributed by atoms with E-state index in [1.54, 1.807) is 5.56 Å². The zero-order valence-electron chi connectivity index (χ0n) is 8.63. The van der Waals surface area contributed by atoms with E-state index in [-0.39, 0.29) is 0 Å². The lowest BCUT2D eigenvalue weighted by molar-refractivity contribution is 0.455.